The average molecular weight is 362 g/mol. The minimum Gasteiger partial charge on any atom is -0.493 e. The summed E-state index contributed by atoms with van der Waals surface area (Å²) in [5.41, 5.74) is 2.51. The quantitative estimate of drug-likeness (QED) is 0.703. The van der Waals surface area contributed by atoms with Crippen LogP contribution in [0.4, 0.5) is 0 Å². The van der Waals surface area contributed by atoms with Gasteiger partial charge in [-0.2, -0.15) is 0 Å². The maximum atomic E-state index is 5.88. The molecule has 1 fully saturated rings. The molecule has 1 aromatic heterocycles. The third-order valence-electron chi connectivity index (χ3n) is 4.70. The van der Waals surface area contributed by atoms with Crippen molar-refractivity contribution in [2.45, 2.75) is 39.0 Å². The van der Waals surface area contributed by atoms with Crippen LogP contribution in [0.5, 0.6) is 11.5 Å². The Morgan fingerprint density at radius 3 is 2.72 bits per heavy atom. The molecule has 1 aliphatic heterocycles. The van der Waals surface area contributed by atoms with Crippen molar-refractivity contribution in [1.29, 1.82) is 0 Å². The lowest BCUT2D eigenvalue weighted by molar-refractivity contribution is 0.0679. The Morgan fingerprint density at radius 1 is 1.20 bits per heavy atom. The second-order valence-electron chi connectivity index (χ2n) is 6.48. The molecule has 5 heteroatoms. The highest BCUT2D eigenvalue weighted by Gasteiger charge is 2.22. The zero-order valence-electron chi connectivity index (χ0n) is 15.3. The highest BCUT2D eigenvalue weighted by atomic mass is 32.1. The van der Waals surface area contributed by atoms with Crippen LogP contribution in [0.2, 0.25) is 0 Å². The average Bonchev–Trinajstić information content (AvgIpc) is 3.27. The van der Waals surface area contributed by atoms with Crippen molar-refractivity contribution in [2.24, 2.45) is 0 Å². The van der Waals surface area contributed by atoms with Crippen molar-refractivity contribution >= 4 is 11.3 Å². The normalized spacial score (nSPS) is 17.2. The molecule has 4 nitrogen and oxygen atoms in total. The fourth-order valence-corrected chi connectivity index (χ4v) is 4.30. The molecule has 0 bridgehead atoms. The third-order valence-corrected chi connectivity index (χ3v) is 5.71. The van der Waals surface area contributed by atoms with Gasteiger partial charge in [0.1, 0.15) is 0 Å². The van der Waals surface area contributed by atoms with Gasteiger partial charge in [-0.3, -0.25) is 4.90 Å². The standard InChI is InChI=1S/C20H27NO3S/c1-15-9-11-25-19(15)14-21(13-17-7-5-10-24-17)12-16-6-4-8-18(22-2)20(16)23-3/h4,6,8-9,11,17H,5,7,10,12-14H2,1-3H3. The van der Waals surface area contributed by atoms with Gasteiger partial charge in [-0.15, -0.1) is 11.3 Å². The zero-order chi connectivity index (χ0) is 17.6. The molecule has 25 heavy (non-hydrogen) atoms. The predicted molar refractivity (Wildman–Crippen MR) is 102 cm³/mol. The summed E-state index contributed by atoms with van der Waals surface area (Å²) in [7, 11) is 3.38. The Morgan fingerprint density at radius 2 is 2.08 bits per heavy atom. The molecule has 2 aromatic rings. The summed E-state index contributed by atoms with van der Waals surface area (Å²) < 4.78 is 16.9. The van der Waals surface area contributed by atoms with Crippen molar-refractivity contribution in [3.63, 3.8) is 0 Å². The van der Waals surface area contributed by atoms with E-state index in [9.17, 15) is 0 Å². The van der Waals surface area contributed by atoms with Crippen LogP contribution >= 0.6 is 11.3 Å². The Labute approximate surface area is 154 Å². The molecule has 0 saturated carbocycles. The first-order chi connectivity index (χ1) is 12.2. The van der Waals surface area contributed by atoms with Gasteiger partial charge in [-0.1, -0.05) is 12.1 Å². The Kier molecular flexibility index (Phi) is 6.34. The maximum Gasteiger partial charge on any atom is 0.165 e. The number of methoxy groups -OCH3 is 2. The van der Waals surface area contributed by atoms with Gasteiger partial charge in [0.15, 0.2) is 11.5 Å². The van der Waals surface area contributed by atoms with Crippen LogP contribution in [0, 0.1) is 6.92 Å². The van der Waals surface area contributed by atoms with E-state index in [0.29, 0.717) is 6.10 Å². The second kappa shape index (κ2) is 8.70. The fourth-order valence-electron chi connectivity index (χ4n) is 3.35. The predicted octanol–water partition coefficient (Wildman–Crippen LogP) is 4.25. The summed E-state index contributed by atoms with van der Waals surface area (Å²) in [6.07, 6.45) is 2.64. The SMILES string of the molecule is COc1cccc(CN(Cc2sccc2C)CC2CCCO2)c1OC. The molecule has 1 aliphatic rings. The minimum absolute atomic E-state index is 0.330. The van der Waals surface area contributed by atoms with Crippen LogP contribution in [0.15, 0.2) is 29.6 Å². The smallest absolute Gasteiger partial charge is 0.165 e. The number of rotatable bonds is 8. The zero-order valence-corrected chi connectivity index (χ0v) is 16.1. The van der Waals surface area contributed by atoms with Gasteiger partial charge in [-0.25, -0.2) is 0 Å². The number of hydrogen-bond donors (Lipinski definition) is 0. The van der Waals surface area contributed by atoms with Crippen molar-refractivity contribution in [3.8, 4) is 11.5 Å². The summed E-state index contributed by atoms with van der Waals surface area (Å²) >= 11 is 1.83. The summed E-state index contributed by atoms with van der Waals surface area (Å²) in [6, 6.07) is 8.27. The molecule has 0 spiro atoms. The van der Waals surface area contributed by atoms with Crippen molar-refractivity contribution in [1.82, 2.24) is 4.90 Å². The largest absolute Gasteiger partial charge is 0.493 e. The lowest BCUT2D eigenvalue weighted by atomic mass is 10.1. The number of nitrogens with zero attached hydrogens (tertiary/aromatic N) is 1. The molecular weight excluding hydrogens is 334 g/mol. The molecular formula is C20H27NO3S. The van der Waals surface area contributed by atoms with Gasteiger partial charge in [0.2, 0.25) is 0 Å². The van der Waals surface area contributed by atoms with E-state index in [1.807, 2.05) is 23.5 Å². The van der Waals surface area contributed by atoms with Crippen molar-refractivity contribution in [2.75, 3.05) is 27.4 Å². The minimum atomic E-state index is 0.330. The first-order valence-electron chi connectivity index (χ1n) is 8.78. The van der Waals surface area contributed by atoms with E-state index >= 15 is 0 Å². The molecule has 3 rings (SSSR count). The van der Waals surface area contributed by atoms with Crippen LogP contribution < -0.4 is 9.47 Å². The van der Waals surface area contributed by atoms with Gasteiger partial charge < -0.3 is 14.2 Å². The summed E-state index contributed by atoms with van der Waals surface area (Å²) in [6.45, 7) is 5.76. The number of hydrogen-bond acceptors (Lipinski definition) is 5. The van der Waals surface area contributed by atoms with E-state index in [0.717, 1.165) is 49.7 Å². The lowest BCUT2D eigenvalue weighted by Gasteiger charge is -2.26. The molecule has 0 aliphatic carbocycles. The molecule has 1 unspecified atom stereocenters. The summed E-state index contributed by atoms with van der Waals surface area (Å²) in [4.78, 5) is 3.88. The topological polar surface area (TPSA) is 30.9 Å². The van der Waals surface area contributed by atoms with Gasteiger partial charge >= 0.3 is 0 Å². The lowest BCUT2D eigenvalue weighted by Crippen LogP contribution is -2.31. The van der Waals surface area contributed by atoms with Gasteiger partial charge in [0.25, 0.3) is 0 Å². The molecule has 1 atom stereocenters. The fraction of sp³-hybridized carbons (Fsp3) is 0.500. The van der Waals surface area contributed by atoms with E-state index < -0.39 is 0 Å². The molecule has 136 valence electrons. The van der Waals surface area contributed by atoms with Crippen LogP contribution in [0.1, 0.15) is 28.8 Å². The molecule has 1 saturated heterocycles. The van der Waals surface area contributed by atoms with Crippen LogP contribution in [-0.2, 0) is 17.8 Å². The molecule has 2 heterocycles. The summed E-state index contributed by atoms with van der Waals surface area (Å²) in [5.74, 6) is 1.61. The molecule has 0 radical (unpaired) electrons. The second-order valence-corrected chi connectivity index (χ2v) is 7.48. The van der Waals surface area contributed by atoms with Crippen LogP contribution in [-0.4, -0.2) is 38.4 Å². The van der Waals surface area contributed by atoms with E-state index in [4.69, 9.17) is 14.2 Å². The number of ether oxygens (including phenoxy) is 3. The van der Waals surface area contributed by atoms with Gasteiger partial charge in [-0.05, 0) is 42.8 Å². The highest BCUT2D eigenvalue weighted by Crippen LogP contribution is 2.32. The van der Waals surface area contributed by atoms with Crippen molar-refractivity contribution in [3.05, 3.63) is 45.6 Å². The van der Waals surface area contributed by atoms with Gasteiger partial charge in [0.05, 0.1) is 20.3 Å². The molecule has 0 N–H and O–H groups in total. The molecule has 0 amide bonds. The maximum absolute atomic E-state index is 5.88. The van der Waals surface area contributed by atoms with E-state index in [2.05, 4.69) is 29.3 Å². The van der Waals surface area contributed by atoms with E-state index in [1.165, 1.54) is 16.9 Å². The first-order valence-corrected chi connectivity index (χ1v) is 9.66. The Hall–Kier alpha value is -1.56. The van der Waals surface area contributed by atoms with Crippen LogP contribution in [0.25, 0.3) is 0 Å². The number of thiophene rings is 1. The summed E-state index contributed by atoms with van der Waals surface area (Å²) in [5, 5.41) is 2.17. The van der Waals surface area contributed by atoms with Crippen LogP contribution in [0.3, 0.4) is 0 Å². The van der Waals surface area contributed by atoms with Crippen molar-refractivity contribution < 1.29 is 14.2 Å². The number of para-hydroxylation sites is 1. The Bertz CT molecular complexity index is 679. The highest BCUT2D eigenvalue weighted by molar-refractivity contribution is 7.10. The number of aryl methyl sites for hydroxylation is 1. The third kappa shape index (κ3) is 4.54. The van der Waals surface area contributed by atoms with Gasteiger partial charge in [0, 0.05) is 36.7 Å². The van der Waals surface area contributed by atoms with E-state index in [-0.39, 0.29) is 0 Å². The molecule has 1 aromatic carbocycles. The first kappa shape index (κ1) is 18.2. The number of benzene rings is 1. The monoisotopic (exact) mass is 361 g/mol. The van der Waals surface area contributed by atoms with E-state index in [1.54, 1.807) is 14.2 Å². The Balaban J connectivity index is 1.80.